The lowest BCUT2D eigenvalue weighted by Gasteiger charge is -2.18. The summed E-state index contributed by atoms with van der Waals surface area (Å²) in [6.45, 7) is 1.79. The predicted molar refractivity (Wildman–Crippen MR) is 97.4 cm³/mol. The van der Waals surface area contributed by atoms with Crippen molar-refractivity contribution in [2.24, 2.45) is 0 Å². The van der Waals surface area contributed by atoms with Crippen molar-refractivity contribution >= 4 is 35.1 Å². The first-order valence-electron chi connectivity index (χ1n) is 7.42. The van der Waals surface area contributed by atoms with Crippen molar-refractivity contribution in [1.29, 1.82) is 0 Å². The van der Waals surface area contributed by atoms with Crippen LogP contribution in [0.3, 0.4) is 0 Å². The van der Waals surface area contributed by atoms with E-state index in [2.05, 4.69) is 0 Å². The first kappa shape index (κ1) is 19.9. The number of benzene rings is 2. The van der Waals surface area contributed by atoms with Crippen LogP contribution in [0.4, 0.5) is 0 Å². The summed E-state index contributed by atoms with van der Waals surface area (Å²) >= 11 is 12.3. The van der Waals surface area contributed by atoms with E-state index in [0.29, 0.717) is 11.1 Å². The highest BCUT2D eigenvalue weighted by molar-refractivity contribution is 6.33. The van der Waals surface area contributed by atoms with Crippen molar-refractivity contribution in [1.82, 2.24) is 0 Å². The van der Waals surface area contributed by atoms with Crippen LogP contribution in [0.5, 0.6) is 11.5 Å². The Hall–Kier alpha value is -2.44. The van der Waals surface area contributed by atoms with Crippen molar-refractivity contribution in [3.8, 4) is 11.5 Å². The molecule has 0 unspecified atom stereocenters. The Morgan fingerprint density at radius 1 is 0.846 bits per heavy atom. The number of carbonyl (C=O) groups is 2. The van der Waals surface area contributed by atoms with Crippen molar-refractivity contribution in [3.63, 3.8) is 0 Å². The molecule has 2 rings (SSSR count). The van der Waals surface area contributed by atoms with Gasteiger partial charge in [0, 0.05) is 5.92 Å². The van der Waals surface area contributed by atoms with Gasteiger partial charge in [-0.05, 0) is 35.4 Å². The molecule has 138 valence electrons. The molecule has 0 atom stereocenters. The third-order valence-electron chi connectivity index (χ3n) is 4.00. The van der Waals surface area contributed by atoms with E-state index < -0.39 is 11.9 Å². The summed E-state index contributed by atoms with van der Waals surface area (Å²) in [6, 6.07) is 6.04. The molecule has 2 aromatic carbocycles. The van der Waals surface area contributed by atoms with Crippen LogP contribution in [0, 0.1) is 0 Å². The zero-order valence-corrected chi connectivity index (χ0v) is 15.7. The van der Waals surface area contributed by atoms with Crippen LogP contribution < -0.4 is 9.47 Å². The molecule has 6 nitrogen and oxygen atoms in total. The molecule has 0 bridgehead atoms. The van der Waals surface area contributed by atoms with Gasteiger partial charge in [0.1, 0.15) is 11.1 Å². The molecule has 0 saturated carbocycles. The Kier molecular flexibility index (Phi) is 6.00. The average Bonchev–Trinajstić information content (AvgIpc) is 2.59. The van der Waals surface area contributed by atoms with Gasteiger partial charge < -0.3 is 19.7 Å². The average molecular weight is 399 g/mol. The third-order valence-corrected chi connectivity index (χ3v) is 4.56. The molecule has 0 heterocycles. The number of halogens is 2. The van der Waals surface area contributed by atoms with Gasteiger partial charge in [0.2, 0.25) is 0 Å². The van der Waals surface area contributed by atoms with Crippen LogP contribution in [-0.4, -0.2) is 36.4 Å². The lowest BCUT2D eigenvalue weighted by molar-refractivity contribution is 0.0682. The minimum absolute atomic E-state index is 0.0640. The van der Waals surface area contributed by atoms with Gasteiger partial charge in [0.05, 0.1) is 24.3 Å². The largest absolute Gasteiger partial charge is 0.494 e. The number of methoxy groups -OCH3 is 2. The van der Waals surface area contributed by atoms with E-state index in [1.54, 1.807) is 19.1 Å². The van der Waals surface area contributed by atoms with E-state index in [0.717, 1.165) is 0 Å². The Morgan fingerprint density at radius 3 is 1.46 bits per heavy atom. The second-order valence-electron chi connectivity index (χ2n) is 5.50. The molecule has 2 aromatic rings. The van der Waals surface area contributed by atoms with Crippen LogP contribution in [0.2, 0.25) is 10.0 Å². The summed E-state index contributed by atoms with van der Waals surface area (Å²) in [7, 11) is 2.66. The van der Waals surface area contributed by atoms with Crippen LogP contribution in [0.1, 0.15) is 44.7 Å². The Labute approximate surface area is 159 Å². The van der Waals surface area contributed by atoms with Crippen molar-refractivity contribution in [3.05, 3.63) is 56.6 Å². The summed E-state index contributed by atoms with van der Waals surface area (Å²) in [5.74, 6) is -2.62. The maximum Gasteiger partial charge on any atom is 0.339 e. The zero-order valence-electron chi connectivity index (χ0n) is 14.2. The maximum absolute atomic E-state index is 11.5. The molecule has 0 aliphatic rings. The van der Waals surface area contributed by atoms with Gasteiger partial charge in [-0.25, -0.2) is 9.59 Å². The van der Waals surface area contributed by atoms with Gasteiger partial charge >= 0.3 is 11.9 Å². The molecule has 0 aliphatic carbocycles. The van der Waals surface area contributed by atoms with Gasteiger partial charge in [-0.3, -0.25) is 0 Å². The zero-order chi connectivity index (χ0) is 19.6. The number of carboxylic acids is 2. The highest BCUT2D eigenvalue weighted by atomic mass is 35.5. The van der Waals surface area contributed by atoms with E-state index in [1.165, 1.54) is 26.4 Å². The van der Waals surface area contributed by atoms with Gasteiger partial charge in [-0.2, -0.15) is 0 Å². The molecule has 0 saturated heterocycles. The fourth-order valence-corrected chi connectivity index (χ4v) is 3.26. The maximum atomic E-state index is 11.5. The lowest BCUT2D eigenvalue weighted by atomic mass is 9.90. The molecule has 8 heteroatoms. The van der Waals surface area contributed by atoms with Gasteiger partial charge in [-0.15, -0.1) is 0 Å². The normalized spacial score (nSPS) is 10.7. The Morgan fingerprint density at radius 2 is 1.19 bits per heavy atom. The molecule has 0 aromatic heterocycles. The Bertz CT molecular complexity index is 807. The standard InChI is InChI=1S/C18H16Cl2O6/c1-8(9-4-11(17(21)22)15(25-2)13(19)6-9)10-5-12(18(23)24)16(26-3)14(20)7-10/h4-8H,1-3H3,(H,21,22)(H,23,24). The quantitative estimate of drug-likeness (QED) is 0.740. The van der Waals surface area contributed by atoms with Crippen LogP contribution in [0.15, 0.2) is 24.3 Å². The van der Waals surface area contributed by atoms with Crippen LogP contribution in [0.25, 0.3) is 0 Å². The molecule has 0 spiro atoms. The summed E-state index contributed by atoms with van der Waals surface area (Å²) < 4.78 is 10.1. The van der Waals surface area contributed by atoms with E-state index in [9.17, 15) is 19.8 Å². The summed E-state index contributed by atoms with van der Waals surface area (Å²) in [5, 5.41) is 19.0. The highest BCUT2D eigenvalue weighted by Crippen LogP contribution is 2.38. The van der Waals surface area contributed by atoms with E-state index in [-0.39, 0.29) is 38.6 Å². The van der Waals surface area contributed by atoms with Gasteiger partial charge in [0.25, 0.3) is 0 Å². The van der Waals surface area contributed by atoms with Crippen molar-refractivity contribution in [2.45, 2.75) is 12.8 Å². The molecule has 2 N–H and O–H groups in total. The minimum Gasteiger partial charge on any atom is -0.494 e. The van der Waals surface area contributed by atoms with Crippen molar-refractivity contribution in [2.75, 3.05) is 14.2 Å². The van der Waals surface area contributed by atoms with E-state index >= 15 is 0 Å². The molecule has 0 fully saturated rings. The number of hydrogen-bond donors (Lipinski definition) is 2. The molecule has 0 aliphatic heterocycles. The second-order valence-corrected chi connectivity index (χ2v) is 6.31. The molecular formula is C18H16Cl2O6. The second kappa shape index (κ2) is 7.85. The molecule has 0 radical (unpaired) electrons. The van der Waals surface area contributed by atoms with Crippen LogP contribution >= 0.6 is 23.2 Å². The predicted octanol–water partition coefficient (Wildman–Crippen LogP) is 4.56. The van der Waals surface area contributed by atoms with Crippen molar-refractivity contribution < 1.29 is 29.3 Å². The van der Waals surface area contributed by atoms with E-state index in [1.807, 2.05) is 0 Å². The number of aromatic carboxylic acids is 2. The van der Waals surface area contributed by atoms with E-state index in [4.69, 9.17) is 32.7 Å². The minimum atomic E-state index is -1.18. The number of rotatable bonds is 6. The Balaban J connectivity index is 2.61. The summed E-state index contributed by atoms with van der Waals surface area (Å²) in [6.07, 6.45) is 0. The fraction of sp³-hybridized carbons (Fsp3) is 0.222. The number of hydrogen-bond acceptors (Lipinski definition) is 4. The monoisotopic (exact) mass is 398 g/mol. The highest BCUT2D eigenvalue weighted by Gasteiger charge is 2.22. The summed E-state index contributed by atoms with van der Waals surface area (Å²) in [4.78, 5) is 22.9. The van der Waals surface area contributed by atoms with Gasteiger partial charge in [0.15, 0.2) is 11.5 Å². The topological polar surface area (TPSA) is 93.1 Å². The first-order valence-corrected chi connectivity index (χ1v) is 8.18. The summed E-state index contributed by atoms with van der Waals surface area (Å²) in [5.41, 5.74) is 0.983. The van der Waals surface area contributed by atoms with Crippen LogP contribution in [-0.2, 0) is 0 Å². The number of carboxylic acid groups (broad SMARTS) is 2. The fourth-order valence-electron chi connectivity index (χ4n) is 2.65. The lowest BCUT2D eigenvalue weighted by Crippen LogP contribution is -2.07. The third kappa shape index (κ3) is 3.71. The number of ether oxygens (including phenoxy) is 2. The SMILES string of the molecule is COc1c(Cl)cc(C(C)c2cc(Cl)c(OC)c(C(=O)O)c2)cc1C(=O)O. The first-order chi connectivity index (χ1) is 12.2. The van der Waals surface area contributed by atoms with Gasteiger partial charge in [-0.1, -0.05) is 30.1 Å². The molecule has 26 heavy (non-hydrogen) atoms. The molecule has 0 amide bonds. The molecular weight excluding hydrogens is 383 g/mol. The smallest absolute Gasteiger partial charge is 0.339 e.